The molecule has 142 valence electrons. The van der Waals surface area contributed by atoms with Gasteiger partial charge in [-0.2, -0.15) is 0 Å². The lowest BCUT2D eigenvalue weighted by atomic mass is 9.75. The van der Waals surface area contributed by atoms with E-state index < -0.39 is 0 Å². The summed E-state index contributed by atoms with van der Waals surface area (Å²) in [6.45, 7) is 10.8. The molecule has 3 unspecified atom stereocenters. The van der Waals surface area contributed by atoms with Gasteiger partial charge in [0, 0.05) is 6.42 Å². The van der Waals surface area contributed by atoms with Gasteiger partial charge in [0.25, 0.3) is 0 Å². The Morgan fingerprint density at radius 3 is 2.69 bits per heavy atom. The monoisotopic (exact) mass is 356 g/mol. The van der Waals surface area contributed by atoms with E-state index in [0.717, 1.165) is 36.1 Å². The van der Waals surface area contributed by atoms with E-state index in [1.807, 2.05) is 35.8 Å². The van der Waals surface area contributed by atoms with Crippen LogP contribution in [0.5, 0.6) is 0 Å². The molecule has 1 aromatic carbocycles. The first-order valence-corrected chi connectivity index (χ1v) is 10.1. The summed E-state index contributed by atoms with van der Waals surface area (Å²) >= 11 is 0. The number of ether oxygens (including phenoxy) is 1. The highest BCUT2D eigenvalue weighted by molar-refractivity contribution is 5.81. The minimum atomic E-state index is -0.359. The van der Waals surface area contributed by atoms with Gasteiger partial charge in [0.1, 0.15) is 18.0 Å². The molecule has 0 spiro atoms. The zero-order valence-electron chi connectivity index (χ0n) is 16.7. The quantitative estimate of drug-likeness (QED) is 0.695. The SMILES string of the molecule is CCc1nc2ccccc2n1[C@H](C)C(=O)OC1CC(C)CCC1C(C)C. The predicted octanol–water partition coefficient (Wildman–Crippen LogP) is 5.16. The van der Waals surface area contributed by atoms with Crippen molar-refractivity contribution in [1.82, 2.24) is 9.55 Å². The largest absolute Gasteiger partial charge is 0.461 e. The van der Waals surface area contributed by atoms with Gasteiger partial charge in [-0.15, -0.1) is 0 Å². The van der Waals surface area contributed by atoms with Gasteiger partial charge in [-0.05, 0) is 49.7 Å². The first kappa shape index (κ1) is 18.9. The average molecular weight is 357 g/mol. The lowest BCUT2D eigenvalue weighted by molar-refractivity contribution is -0.159. The second kappa shape index (κ2) is 7.81. The minimum Gasteiger partial charge on any atom is -0.461 e. The normalized spacial score (nSPS) is 24.8. The lowest BCUT2D eigenvalue weighted by Crippen LogP contribution is -2.37. The molecule has 1 aromatic heterocycles. The van der Waals surface area contributed by atoms with Gasteiger partial charge in [0.15, 0.2) is 0 Å². The lowest BCUT2D eigenvalue weighted by Gasteiger charge is -2.37. The van der Waals surface area contributed by atoms with E-state index in [1.54, 1.807) is 0 Å². The number of benzene rings is 1. The molecule has 1 aliphatic carbocycles. The third kappa shape index (κ3) is 3.65. The highest BCUT2D eigenvalue weighted by atomic mass is 16.5. The number of esters is 1. The van der Waals surface area contributed by atoms with E-state index in [-0.39, 0.29) is 18.1 Å². The van der Waals surface area contributed by atoms with Crippen LogP contribution in [0.2, 0.25) is 0 Å². The van der Waals surface area contributed by atoms with Crippen LogP contribution in [-0.2, 0) is 16.0 Å². The number of aromatic nitrogens is 2. The first-order valence-electron chi connectivity index (χ1n) is 10.1. The van der Waals surface area contributed by atoms with E-state index in [2.05, 4.69) is 27.7 Å². The number of nitrogens with zero attached hydrogens (tertiary/aromatic N) is 2. The molecule has 0 bridgehead atoms. The fourth-order valence-corrected chi connectivity index (χ4v) is 4.38. The second-order valence-corrected chi connectivity index (χ2v) is 8.22. The Bertz CT molecular complexity index is 765. The van der Waals surface area contributed by atoms with Crippen molar-refractivity contribution in [2.24, 2.45) is 17.8 Å². The molecule has 1 fully saturated rings. The Labute approximate surface area is 156 Å². The molecule has 0 radical (unpaired) electrons. The third-order valence-electron chi connectivity index (χ3n) is 5.94. The molecular formula is C22H32N2O2. The Morgan fingerprint density at radius 2 is 2.00 bits per heavy atom. The van der Waals surface area contributed by atoms with Crippen LogP contribution >= 0.6 is 0 Å². The van der Waals surface area contributed by atoms with Crippen molar-refractivity contribution in [3.63, 3.8) is 0 Å². The first-order chi connectivity index (χ1) is 12.4. The summed E-state index contributed by atoms with van der Waals surface area (Å²) in [4.78, 5) is 17.7. The van der Waals surface area contributed by atoms with Crippen molar-refractivity contribution in [3.05, 3.63) is 30.1 Å². The second-order valence-electron chi connectivity index (χ2n) is 8.22. The summed E-state index contributed by atoms with van der Waals surface area (Å²) < 4.78 is 8.13. The number of para-hydroxylation sites is 2. The fraction of sp³-hybridized carbons (Fsp3) is 0.636. The van der Waals surface area contributed by atoms with Crippen molar-refractivity contribution in [1.29, 1.82) is 0 Å². The van der Waals surface area contributed by atoms with Gasteiger partial charge in [-0.3, -0.25) is 0 Å². The molecule has 1 aliphatic rings. The zero-order valence-corrected chi connectivity index (χ0v) is 16.7. The van der Waals surface area contributed by atoms with Gasteiger partial charge in [0.05, 0.1) is 11.0 Å². The standard InChI is InChI=1S/C22H32N2O2/c1-6-21-23-18-9-7-8-10-19(18)24(21)16(5)22(25)26-20-13-15(4)11-12-17(20)14(2)3/h7-10,14-17,20H,6,11-13H2,1-5H3/t15?,16-,17?,20?/m1/s1. The van der Waals surface area contributed by atoms with Crippen LogP contribution in [0.25, 0.3) is 11.0 Å². The van der Waals surface area contributed by atoms with Crippen LogP contribution in [0.4, 0.5) is 0 Å². The Hall–Kier alpha value is -1.84. The maximum atomic E-state index is 13.0. The Balaban J connectivity index is 1.83. The van der Waals surface area contributed by atoms with Crippen LogP contribution < -0.4 is 0 Å². The number of imidazole rings is 1. The summed E-state index contributed by atoms with van der Waals surface area (Å²) in [6.07, 6.45) is 4.19. The smallest absolute Gasteiger partial charge is 0.329 e. The van der Waals surface area contributed by atoms with Crippen LogP contribution in [0.1, 0.15) is 65.7 Å². The average Bonchev–Trinajstić information content (AvgIpc) is 2.99. The van der Waals surface area contributed by atoms with Gasteiger partial charge < -0.3 is 9.30 Å². The number of hydrogen-bond acceptors (Lipinski definition) is 3. The van der Waals surface area contributed by atoms with Gasteiger partial charge in [0.2, 0.25) is 0 Å². The van der Waals surface area contributed by atoms with Gasteiger partial charge in [-0.25, -0.2) is 9.78 Å². The number of hydrogen-bond donors (Lipinski definition) is 0. The van der Waals surface area contributed by atoms with Crippen molar-refractivity contribution < 1.29 is 9.53 Å². The third-order valence-corrected chi connectivity index (χ3v) is 5.94. The molecule has 4 atom stereocenters. The van der Waals surface area contributed by atoms with Crippen LogP contribution in [0, 0.1) is 17.8 Å². The molecule has 1 heterocycles. The highest BCUT2D eigenvalue weighted by Crippen LogP contribution is 2.36. The maximum Gasteiger partial charge on any atom is 0.329 e. The van der Waals surface area contributed by atoms with Crippen molar-refractivity contribution >= 4 is 17.0 Å². The van der Waals surface area contributed by atoms with Crippen LogP contribution in [0.15, 0.2) is 24.3 Å². The highest BCUT2D eigenvalue weighted by Gasteiger charge is 2.35. The number of rotatable bonds is 5. The zero-order chi connectivity index (χ0) is 18.8. The van der Waals surface area contributed by atoms with E-state index in [1.165, 1.54) is 6.42 Å². The van der Waals surface area contributed by atoms with Crippen molar-refractivity contribution in [3.8, 4) is 0 Å². The van der Waals surface area contributed by atoms with Crippen molar-refractivity contribution in [2.75, 3.05) is 0 Å². The van der Waals surface area contributed by atoms with Crippen molar-refractivity contribution in [2.45, 2.75) is 72.4 Å². The number of aryl methyl sites for hydroxylation is 1. The maximum absolute atomic E-state index is 13.0. The molecule has 0 N–H and O–H groups in total. The topological polar surface area (TPSA) is 44.1 Å². The fourth-order valence-electron chi connectivity index (χ4n) is 4.38. The summed E-state index contributed by atoms with van der Waals surface area (Å²) in [7, 11) is 0. The molecule has 4 heteroatoms. The minimum absolute atomic E-state index is 0.0357. The molecule has 3 rings (SSSR count). The Morgan fingerprint density at radius 1 is 1.27 bits per heavy atom. The molecule has 26 heavy (non-hydrogen) atoms. The number of fused-ring (bicyclic) bond motifs is 1. The van der Waals surface area contributed by atoms with Gasteiger partial charge in [-0.1, -0.05) is 46.2 Å². The number of carbonyl (C=O) groups excluding carboxylic acids is 1. The molecular weight excluding hydrogens is 324 g/mol. The molecule has 2 aromatic rings. The molecule has 0 saturated heterocycles. The van der Waals surface area contributed by atoms with Crippen LogP contribution in [0.3, 0.4) is 0 Å². The molecule has 4 nitrogen and oxygen atoms in total. The summed E-state index contributed by atoms with van der Waals surface area (Å²) in [5.41, 5.74) is 1.95. The number of carbonyl (C=O) groups is 1. The van der Waals surface area contributed by atoms with Gasteiger partial charge >= 0.3 is 5.97 Å². The van der Waals surface area contributed by atoms with Crippen LogP contribution in [-0.4, -0.2) is 21.6 Å². The predicted molar refractivity (Wildman–Crippen MR) is 105 cm³/mol. The molecule has 0 aliphatic heterocycles. The van der Waals surface area contributed by atoms with E-state index in [9.17, 15) is 4.79 Å². The molecule has 0 amide bonds. The van der Waals surface area contributed by atoms with E-state index >= 15 is 0 Å². The summed E-state index contributed by atoms with van der Waals surface area (Å²) in [5.74, 6) is 2.43. The summed E-state index contributed by atoms with van der Waals surface area (Å²) in [5, 5.41) is 0. The van der Waals surface area contributed by atoms with E-state index in [4.69, 9.17) is 9.72 Å². The summed E-state index contributed by atoms with van der Waals surface area (Å²) in [6, 6.07) is 7.65. The van der Waals surface area contributed by atoms with E-state index in [0.29, 0.717) is 17.8 Å². The molecule has 1 saturated carbocycles. The Kier molecular flexibility index (Phi) is 5.69.